The van der Waals surface area contributed by atoms with Crippen molar-refractivity contribution in [2.24, 2.45) is 5.41 Å². The summed E-state index contributed by atoms with van der Waals surface area (Å²) in [5.41, 5.74) is 2.58. The van der Waals surface area contributed by atoms with Gasteiger partial charge in [-0.3, -0.25) is 9.59 Å². The van der Waals surface area contributed by atoms with Crippen molar-refractivity contribution in [3.63, 3.8) is 0 Å². The van der Waals surface area contributed by atoms with E-state index in [9.17, 15) is 14.4 Å². The van der Waals surface area contributed by atoms with Crippen molar-refractivity contribution >= 4 is 29.2 Å². The summed E-state index contributed by atoms with van der Waals surface area (Å²) >= 11 is 0. The van der Waals surface area contributed by atoms with Crippen LogP contribution in [0, 0.1) is 25.1 Å². The van der Waals surface area contributed by atoms with Crippen LogP contribution in [0.25, 0.3) is 0 Å². The zero-order chi connectivity index (χ0) is 29.7. The average molecular weight is 558 g/mol. The van der Waals surface area contributed by atoms with Crippen LogP contribution < -0.4 is 16.0 Å². The normalized spacial score (nSPS) is 23.3. The molecule has 8 heteroatoms. The molecule has 4 atom stereocenters. The number of hydrogen-bond donors (Lipinski definition) is 3. The Bertz CT molecular complexity index is 1530. The molecule has 5 rings (SSSR count). The molecule has 2 aliphatic rings. The van der Waals surface area contributed by atoms with Crippen LogP contribution in [-0.4, -0.2) is 37.0 Å². The molecule has 0 aliphatic carbocycles. The number of aryl methyl sites for hydroxylation is 2. The Morgan fingerprint density at radius 3 is 2.41 bits per heavy atom. The molecule has 214 valence electrons. The molecule has 1 saturated heterocycles. The van der Waals surface area contributed by atoms with E-state index in [0.29, 0.717) is 34.5 Å². The predicted molar refractivity (Wildman–Crippen MR) is 157 cm³/mol. The minimum Gasteiger partial charge on any atom is -0.465 e. The van der Waals surface area contributed by atoms with Gasteiger partial charge in [0.05, 0.1) is 18.7 Å². The van der Waals surface area contributed by atoms with E-state index in [-0.39, 0.29) is 11.3 Å². The van der Waals surface area contributed by atoms with Gasteiger partial charge in [-0.1, -0.05) is 51.1 Å². The van der Waals surface area contributed by atoms with E-state index >= 15 is 4.39 Å². The van der Waals surface area contributed by atoms with Gasteiger partial charge >= 0.3 is 5.97 Å². The van der Waals surface area contributed by atoms with Crippen molar-refractivity contribution < 1.29 is 23.5 Å². The van der Waals surface area contributed by atoms with Crippen molar-refractivity contribution in [3.8, 4) is 0 Å². The molecule has 2 aliphatic heterocycles. The van der Waals surface area contributed by atoms with E-state index < -0.39 is 41.1 Å². The van der Waals surface area contributed by atoms with Crippen molar-refractivity contribution in [2.45, 2.75) is 64.5 Å². The molecule has 41 heavy (non-hydrogen) atoms. The first-order chi connectivity index (χ1) is 19.4. The molecule has 0 aromatic heterocycles. The lowest BCUT2D eigenvalue weighted by atomic mass is 9.62. The molecule has 2 heterocycles. The Morgan fingerprint density at radius 1 is 1.05 bits per heavy atom. The molecule has 1 fully saturated rings. The maximum Gasteiger partial charge on any atom is 0.337 e. The number of benzene rings is 3. The van der Waals surface area contributed by atoms with Crippen LogP contribution in [0.3, 0.4) is 0 Å². The molecule has 0 bridgehead atoms. The number of carbonyl (C=O) groups excluding carboxylic acids is 3. The number of amides is 2. The van der Waals surface area contributed by atoms with Crippen LogP contribution in [0.4, 0.5) is 15.8 Å². The van der Waals surface area contributed by atoms with Crippen molar-refractivity contribution in [1.29, 1.82) is 0 Å². The maximum absolute atomic E-state index is 16.0. The molecule has 2 unspecified atom stereocenters. The Morgan fingerprint density at radius 2 is 1.76 bits per heavy atom. The van der Waals surface area contributed by atoms with Gasteiger partial charge in [0, 0.05) is 23.3 Å². The lowest BCUT2D eigenvalue weighted by molar-refractivity contribution is -0.122. The molecule has 0 saturated carbocycles. The molecule has 2 amide bonds. The average Bonchev–Trinajstić information content (AvgIpc) is 3.39. The van der Waals surface area contributed by atoms with Gasteiger partial charge in [0.1, 0.15) is 11.2 Å². The second-order valence-electron chi connectivity index (χ2n) is 12.3. The number of carbonyl (C=O) groups is 3. The van der Waals surface area contributed by atoms with Crippen LogP contribution in [-0.2, 0) is 19.7 Å². The van der Waals surface area contributed by atoms with Gasteiger partial charge in [-0.2, -0.15) is 0 Å². The first kappa shape index (κ1) is 28.5. The highest BCUT2D eigenvalue weighted by Crippen LogP contribution is 2.57. The SMILES string of the molecule is COC(=O)c1ccc(NC(=O)[C@@H]2NC(CC(C)(C)C)[C@@]3(C(=O)Nc4cc(C)ccc43)C2c2cccc(C)c2F)cc1. The summed E-state index contributed by atoms with van der Waals surface area (Å²) in [6, 6.07) is 15.9. The van der Waals surface area contributed by atoms with Crippen LogP contribution in [0.1, 0.15) is 65.7 Å². The molecular formula is C33H36FN3O4. The van der Waals surface area contributed by atoms with Gasteiger partial charge in [0.25, 0.3) is 0 Å². The predicted octanol–water partition coefficient (Wildman–Crippen LogP) is 5.62. The number of anilines is 2. The second kappa shape index (κ2) is 10.4. The molecule has 3 N–H and O–H groups in total. The maximum atomic E-state index is 16.0. The summed E-state index contributed by atoms with van der Waals surface area (Å²) in [6.07, 6.45) is 0.565. The number of hydrogen-bond acceptors (Lipinski definition) is 5. The highest BCUT2D eigenvalue weighted by Gasteiger charge is 2.66. The monoisotopic (exact) mass is 557 g/mol. The third-order valence-corrected chi connectivity index (χ3v) is 8.23. The second-order valence-corrected chi connectivity index (χ2v) is 12.3. The number of rotatable bonds is 5. The fraction of sp³-hybridized carbons (Fsp3) is 0.364. The quantitative estimate of drug-likeness (QED) is 0.354. The van der Waals surface area contributed by atoms with Gasteiger partial charge in [0.15, 0.2) is 0 Å². The Kier molecular flexibility index (Phi) is 7.24. The molecular weight excluding hydrogens is 521 g/mol. The fourth-order valence-corrected chi connectivity index (χ4v) is 6.47. The fourth-order valence-electron chi connectivity index (χ4n) is 6.47. The number of esters is 1. The van der Waals surface area contributed by atoms with Crippen LogP contribution in [0.2, 0.25) is 0 Å². The highest BCUT2D eigenvalue weighted by molar-refractivity contribution is 6.10. The lowest BCUT2D eigenvalue weighted by Gasteiger charge is -2.37. The van der Waals surface area contributed by atoms with Gasteiger partial charge in [-0.25, -0.2) is 9.18 Å². The molecule has 3 aromatic rings. The van der Waals surface area contributed by atoms with Crippen LogP contribution in [0.5, 0.6) is 0 Å². The molecule has 7 nitrogen and oxygen atoms in total. The zero-order valence-electron chi connectivity index (χ0n) is 24.2. The van der Waals surface area contributed by atoms with Gasteiger partial charge < -0.3 is 20.7 Å². The molecule has 0 radical (unpaired) electrons. The molecule has 1 spiro atoms. The standard InChI is InChI=1S/C33H36FN3O4/c1-18-10-15-23-24(16-18)36-31(40)33(23)25(17-32(3,4)5)37-28(26(33)22-9-7-8-19(2)27(22)34)29(38)35-21-13-11-20(12-14-21)30(39)41-6/h7-16,25-26,28,37H,17H2,1-6H3,(H,35,38)(H,36,40)/t25?,26?,28-,33-/m1/s1. The van der Waals surface area contributed by atoms with Crippen molar-refractivity contribution in [1.82, 2.24) is 5.32 Å². The number of nitrogens with one attached hydrogen (secondary N) is 3. The summed E-state index contributed by atoms with van der Waals surface area (Å²) in [5.74, 6) is -2.39. The van der Waals surface area contributed by atoms with Gasteiger partial charge in [-0.15, -0.1) is 0 Å². The van der Waals surface area contributed by atoms with E-state index in [0.717, 1.165) is 11.1 Å². The topological polar surface area (TPSA) is 96.5 Å². The smallest absolute Gasteiger partial charge is 0.337 e. The zero-order valence-corrected chi connectivity index (χ0v) is 24.2. The number of fused-ring (bicyclic) bond motifs is 2. The minimum absolute atomic E-state index is 0.205. The summed E-state index contributed by atoms with van der Waals surface area (Å²) in [7, 11) is 1.30. The third kappa shape index (κ3) is 4.90. The largest absolute Gasteiger partial charge is 0.465 e. The van der Waals surface area contributed by atoms with Gasteiger partial charge in [0.2, 0.25) is 11.8 Å². The van der Waals surface area contributed by atoms with Crippen molar-refractivity contribution in [3.05, 3.63) is 94.3 Å². The van der Waals surface area contributed by atoms with Gasteiger partial charge in [-0.05, 0) is 78.3 Å². The molecule has 3 aromatic carbocycles. The van der Waals surface area contributed by atoms with Crippen LogP contribution in [0.15, 0.2) is 60.7 Å². The van der Waals surface area contributed by atoms with E-state index in [1.54, 1.807) is 49.4 Å². The number of halogens is 1. The third-order valence-electron chi connectivity index (χ3n) is 8.23. The lowest BCUT2D eigenvalue weighted by Crippen LogP contribution is -2.49. The summed E-state index contributed by atoms with van der Waals surface area (Å²) in [6.45, 7) is 9.90. The number of methoxy groups -OCH3 is 1. The summed E-state index contributed by atoms with van der Waals surface area (Å²) in [4.78, 5) is 40.2. The Labute approximate surface area is 239 Å². The summed E-state index contributed by atoms with van der Waals surface area (Å²) in [5, 5.41) is 9.51. The first-order valence-corrected chi connectivity index (χ1v) is 13.8. The Balaban J connectivity index is 1.66. The first-order valence-electron chi connectivity index (χ1n) is 13.8. The van der Waals surface area contributed by atoms with Crippen LogP contribution >= 0.6 is 0 Å². The van der Waals surface area contributed by atoms with E-state index in [1.165, 1.54) is 7.11 Å². The van der Waals surface area contributed by atoms with E-state index in [2.05, 4.69) is 36.7 Å². The van der Waals surface area contributed by atoms with E-state index in [1.807, 2.05) is 25.1 Å². The summed E-state index contributed by atoms with van der Waals surface area (Å²) < 4.78 is 20.8. The Hall–Kier alpha value is -4.04. The van der Waals surface area contributed by atoms with E-state index in [4.69, 9.17) is 4.74 Å². The van der Waals surface area contributed by atoms with Crippen molar-refractivity contribution in [2.75, 3.05) is 17.7 Å². The highest BCUT2D eigenvalue weighted by atomic mass is 19.1. The number of ether oxygens (including phenoxy) is 1. The minimum atomic E-state index is -1.23.